The highest BCUT2D eigenvalue weighted by Crippen LogP contribution is 2.34. The minimum atomic E-state index is -0.261. The zero-order valence-corrected chi connectivity index (χ0v) is 13.4. The monoisotopic (exact) mass is 316 g/mol. The Hall–Kier alpha value is -2.41. The summed E-state index contributed by atoms with van der Waals surface area (Å²) < 4.78 is 8.04. The second-order valence-electron chi connectivity index (χ2n) is 4.79. The molecule has 0 aliphatic carbocycles. The molecule has 3 aromatic rings. The molecule has 0 radical (unpaired) electrons. The maximum absolute atomic E-state index is 12.2. The number of hydrogen-bond donors (Lipinski definition) is 1. The van der Waals surface area contributed by atoms with E-state index in [1.165, 1.54) is 11.3 Å². The highest BCUT2D eigenvalue weighted by molar-refractivity contribution is 7.22. The van der Waals surface area contributed by atoms with Crippen LogP contribution in [0.4, 0.5) is 5.13 Å². The normalized spacial score (nSPS) is 10.9. The Kier molecular flexibility index (Phi) is 3.81. The molecule has 1 N–H and O–H groups in total. The summed E-state index contributed by atoms with van der Waals surface area (Å²) in [5.41, 5.74) is 2.25. The Morgan fingerprint density at radius 3 is 2.91 bits per heavy atom. The fraction of sp³-hybridized carbons (Fsp3) is 0.267. The lowest BCUT2D eigenvalue weighted by molar-refractivity contribution is 0.102. The number of aromatic nitrogens is 3. The van der Waals surface area contributed by atoms with E-state index in [-0.39, 0.29) is 5.91 Å². The molecule has 0 aliphatic heterocycles. The van der Waals surface area contributed by atoms with E-state index < -0.39 is 0 Å². The van der Waals surface area contributed by atoms with E-state index in [1.54, 1.807) is 24.1 Å². The standard InChI is InChI=1S/C15H16N4O2S/c1-4-19-8-7-10(18-19)14(20)17-15-16-12-11(21-3)6-5-9(2)13(12)22-15/h5-8H,4H2,1-3H3,(H,16,17,20). The molecule has 0 aliphatic rings. The molecular weight excluding hydrogens is 300 g/mol. The number of aryl methyl sites for hydroxylation is 2. The highest BCUT2D eigenvalue weighted by Gasteiger charge is 2.15. The van der Waals surface area contributed by atoms with Crippen LogP contribution in [0.25, 0.3) is 10.2 Å². The maximum Gasteiger partial charge on any atom is 0.277 e. The summed E-state index contributed by atoms with van der Waals surface area (Å²) in [7, 11) is 1.61. The van der Waals surface area contributed by atoms with E-state index in [0.717, 1.165) is 22.3 Å². The minimum absolute atomic E-state index is 0.261. The number of methoxy groups -OCH3 is 1. The van der Waals surface area contributed by atoms with E-state index in [4.69, 9.17) is 4.74 Å². The number of rotatable bonds is 4. The molecule has 2 heterocycles. The van der Waals surface area contributed by atoms with Crippen LogP contribution < -0.4 is 10.1 Å². The van der Waals surface area contributed by atoms with Crippen molar-refractivity contribution in [2.75, 3.05) is 12.4 Å². The SMILES string of the molecule is CCn1ccc(C(=O)Nc2nc3c(OC)ccc(C)c3s2)n1. The van der Waals surface area contributed by atoms with Gasteiger partial charge in [-0.25, -0.2) is 4.98 Å². The first-order chi connectivity index (χ1) is 10.6. The van der Waals surface area contributed by atoms with Crippen LogP contribution in [0.3, 0.4) is 0 Å². The molecule has 2 aromatic heterocycles. The highest BCUT2D eigenvalue weighted by atomic mass is 32.1. The third-order valence-electron chi connectivity index (χ3n) is 3.34. The molecule has 3 rings (SSSR count). The lowest BCUT2D eigenvalue weighted by Gasteiger charge is -2.01. The van der Waals surface area contributed by atoms with Crippen LogP contribution in [0.1, 0.15) is 23.0 Å². The molecule has 1 aromatic carbocycles. The number of carbonyl (C=O) groups excluding carboxylic acids is 1. The van der Waals surface area contributed by atoms with Gasteiger partial charge in [0.05, 0.1) is 11.8 Å². The molecule has 0 saturated heterocycles. The van der Waals surface area contributed by atoms with Gasteiger partial charge in [0.25, 0.3) is 5.91 Å². The summed E-state index contributed by atoms with van der Waals surface area (Å²) in [5, 5.41) is 7.53. The van der Waals surface area contributed by atoms with Gasteiger partial charge in [0.1, 0.15) is 11.3 Å². The smallest absolute Gasteiger partial charge is 0.277 e. The van der Waals surface area contributed by atoms with Crippen LogP contribution in [0.5, 0.6) is 5.75 Å². The number of benzene rings is 1. The van der Waals surface area contributed by atoms with Crippen LogP contribution in [0.15, 0.2) is 24.4 Å². The fourth-order valence-electron chi connectivity index (χ4n) is 2.15. The van der Waals surface area contributed by atoms with Crippen LogP contribution in [0.2, 0.25) is 0 Å². The van der Waals surface area contributed by atoms with E-state index in [2.05, 4.69) is 15.4 Å². The summed E-state index contributed by atoms with van der Waals surface area (Å²) in [5.74, 6) is 0.440. The van der Waals surface area contributed by atoms with E-state index in [0.29, 0.717) is 16.6 Å². The molecule has 0 saturated carbocycles. The molecule has 7 heteroatoms. The summed E-state index contributed by atoms with van der Waals surface area (Å²) in [4.78, 5) is 16.7. The van der Waals surface area contributed by atoms with Crippen LogP contribution >= 0.6 is 11.3 Å². The number of amides is 1. The van der Waals surface area contributed by atoms with Crippen molar-refractivity contribution in [1.82, 2.24) is 14.8 Å². The van der Waals surface area contributed by atoms with Gasteiger partial charge in [0, 0.05) is 12.7 Å². The van der Waals surface area contributed by atoms with Crippen LogP contribution in [-0.4, -0.2) is 27.8 Å². The van der Waals surface area contributed by atoms with Crippen molar-refractivity contribution in [3.63, 3.8) is 0 Å². The number of thiazole rings is 1. The van der Waals surface area contributed by atoms with Crippen molar-refractivity contribution in [1.29, 1.82) is 0 Å². The van der Waals surface area contributed by atoms with Gasteiger partial charge >= 0.3 is 0 Å². The first-order valence-corrected chi connectivity index (χ1v) is 7.73. The van der Waals surface area contributed by atoms with E-state index >= 15 is 0 Å². The van der Waals surface area contributed by atoms with Gasteiger partial charge in [-0.2, -0.15) is 5.10 Å². The molecule has 114 valence electrons. The average molecular weight is 316 g/mol. The van der Waals surface area contributed by atoms with Gasteiger partial charge < -0.3 is 4.74 Å². The first-order valence-electron chi connectivity index (χ1n) is 6.91. The maximum atomic E-state index is 12.2. The number of hydrogen-bond acceptors (Lipinski definition) is 5. The predicted molar refractivity (Wildman–Crippen MR) is 86.8 cm³/mol. The van der Waals surface area contributed by atoms with Crippen molar-refractivity contribution >= 4 is 32.6 Å². The predicted octanol–water partition coefficient (Wildman–Crippen LogP) is 3.08. The fourth-order valence-corrected chi connectivity index (χ4v) is 3.09. The van der Waals surface area contributed by atoms with Gasteiger partial charge in [0.15, 0.2) is 10.8 Å². The lowest BCUT2D eigenvalue weighted by atomic mass is 10.2. The second kappa shape index (κ2) is 5.76. The number of anilines is 1. The van der Waals surface area contributed by atoms with Crippen LogP contribution in [-0.2, 0) is 6.54 Å². The number of ether oxygens (including phenoxy) is 1. The molecule has 0 spiro atoms. The van der Waals surface area contributed by atoms with Crippen molar-refractivity contribution in [2.45, 2.75) is 20.4 Å². The third-order valence-corrected chi connectivity index (χ3v) is 4.45. The van der Waals surface area contributed by atoms with E-state index in [1.807, 2.05) is 26.0 Å². The zero-order valence-electron chi connectivity index (χ0n) is 12.6. The largest absolute Gasteiger partial charge is 0.494 e. The molecule has 6 nitrogen and oxygen atoms in total. The number of carbonyl (C=O) groups is 1. The van der Waals surface area contributed by atoms with Gasteiger partial charge in [-0.1, -0.05) is 17.4 Å². The van der Waals surface area contributed by atoms with Crippen molar-refractivity contribution in [3.05, 3.63) is 35.7 Å². The van der Waals surface area contributed by atoms with Gasteiger partial charge in [-0.05, 0) is 31.5 Å². The first kappa shape index (κ1) is 14.5. The molecule has 0 atom stereocenters. The summed E-state index contributed by atoms with van der Waals surface area (Å²) in [6.45, 7) is 4.70. The molecule has 0 fully saturated rings. The third kappa shape index (κ3) is 2.55. The number of fused-ring (bicyclic) bond motifs is 1. The van der Waals surface area contributed by atoms with Crippen molar-refractivity contribution < 1.29 is 9.53 Å². The summed E-state index contributed by atoms with van der Waals surface area (Å²) in [6.07, 6.45) is 1.78. The topological polar surface area (TPSA) is 69.0 Å². The Balaban J connectivity index is 1.90. The molecule has 0 bridgehead atoms. The number of nitrogens with zero attached hydrogens (tertiary/aromatic N) is 3. The van der Waals surface area contributed by atoms with E-state index in [9.17, 15) is 4.79 Å². The quantitative estimate of drug-likeness (QED) is 0.803. The zero-order chi connectivity index (χ0) is 15.7. The van der Waals surface area contributed by atoms with Crippen LogP contribution in [0, 0.1) is 6.92 Å². The number of nitrogens with one attached hydrogen (secondary N) is 1. The molecular formula is C15H16N4O2S. The van der Waals surface area contributed by atoms with Gasteiger partial charge in [-0.15, -0.1) is 0 Å². The van der Waals surface area contributed by atoms with Gasteiger partial charge in [0.2, 0.25) is 0 Å². The molecule has 1 amide bonds. The Labute approximate surface area is 131 Å². The molecule has 22 heavy (non-hydrogen) atoms. The van der Waals surface area contributed by atoms with Gasteiger partial charge in [-0.3, -0.25) is 14.8 Å². The molecule has 0 unspecified atom stereocenters. The Morgan fingerprint density at radius 2 is 2.23 bits per heavy atom. The summed E-state index contributed by atoms with van der Waals surface area (Å²) >= 11 is 1.43. The average Bonchev–Trinajstić information content (AvgIpc) is 3.14. The lowest BCUT2D eigenvalue weighted by Crippen LogP contribution is -2.13. The van der Waals surface area contributed by atoms with Crippen molar-refractivity contribution in [3.8, 4) is 5.75 Å². The Morgan fingerprint density at radius 1 is 1.41 bits per heavy atom. The van der Waals surface area contributed by atoms with Crippen molar-refractivity contribution in [2.24, 2.45) is 0 Å². The summed E-state index contributed by atoms with van der Waals surface area (Å²) in [6, 6.07) is 5.55. The minimum Gasteiger partial charge on any atom is -0.494 e. The second-order valence-corrected chi connectivity index (χ2v) is 5.79. The Bertz CT molecular complexity index is 837.